The summed E-state index contributed by atoms with van der Waals surface area (Å²) in [6.45, 7) is 3.84. The highest BCUT2D eigenvalue weighted by atomic mass is 19.4. The number of nitrogens with one attached hydrogen (secondary N) is 2. The molecule has 1 aliphatic heterocycles. The van der Waals surface area contributed by atoms with Gasteiger partial charge in [-0.3, -0.25) is 4.79 Å². The topological polar surface area (TPSA) is 44.4 Å². The number of benzene rings is 2. The van der Waals surface area contributed by atoms with Crippen molar-refractivity contribution in [2.24, 2.45) is 0 Å². The summed E-state index contributed by atoms with van der Waals surface area (Å²) in [5.74, 6) is -0.321. The second-order valence-electron chi connectivity index (χ2n) is 6.67. The average Bonchev–Trinajstić information content (AvgIpc) is 3.16. The zero-order valence-electron chi connectivity index (χ0n) is 15.0. The monoisotopic (exact) mass is 377 g/mol. The van der Waals surface area contributed by atoms with E-state index in [1.807, 2.05) is 24.3 Å². The van der Waals surface area contributed by atoms with E-state index in [1.54, 1.807) is 6.92 Å². The van der Waals surface area contributed by atoms with Crippen molar-refractivity contribution < 1.29 is 18.0 Å². The minimum atomic E-state index is -4.39. The van der Waals surface area contributed by atoms with Crippen LogP contribution in [0.25, 0.3) is 0 Å². The SMILES string of the molecule is C[C@H](Nc1ccc(N2CCCC2)cc1)C(=O)Nc1ccc(C(F)(F)F)cc1. The number of rotatable bonds is 5. The Balaban J connectivity index is 1.55. The van der Waals surface area contributed by atoms with Crippen LogP contribution in [-0.2, 0) is 11.0 Å². The highest BCUT2D eigenvalue weighted by Crippen LogP contribution is 2.30. The van der Waals surface area contributed by atoms with Gasteiger partial charge in [-0.05, 0) is 68.3 Å². The van der Waals surface area contributed by atoms with Gasteiger partial charge in [-0.1, -0.05) is 0 Å². The second kappa shape index (κ2) is 7.90. The maximum Gasteiger partial charge on any atom is 0.416 e. The molecule has 1 saturated heterocycles. The van der Waals surface area contributed by atoms with Crippen LogP contribution in [0.3, 0.4) is 0 Å². The van der Waals surface area contributed by atoms with Crippen molar-refractivity contribution in [1.29, 1.82) is 0 Å². The Bertz CT molecular complexity index is 767. The molecule has 1 fully saturated rings. The Morgan fingerprint density at radius 2 is 1.52 bits per heavy atom. The van der Waals surface area contributed by atoms with E-state index in [0.717, 1.165) is 30.9 Å². The summed E-state index contributed by atoms with van der Waals surface area (Å²) in [5.41, 5.74) is 1.56. The number of nitrogens with zero attached hydrogens (tertiary/aromatic N) is 1. The third-order valence-corrected chi connectivity index (χ3v) is 4.59. The number of carbonyl (C=O) groups is 1. The zero-order chi connectivity index (χ0) is 19.4. The summed E-state index contributed by atoms with van der Waals surface area (Å²) < 4.78 is 37.7. The first-order valence-electron chi connectivity index (χ1n) is 8.92. The van der Waals surface area contributed by atoms with Crippen LogP contribution < -0.4 is 15.5 Å². The van der Waals surface area contributed by atoms with Crippen LogP contribution in [0.2, 0.25) is 0 Å². The molecule has 0 radical (unpaired) electrons. The number of halogens is 3. The van der Waals surface area contributed by atoms with E-state index in [2.05, 4.69) is 15.5 Å². The van der Waals surface area contributed by atoms with E-state index in [9.17, 15) is 18.0 Å². The second-order valence-corrected chi connectivity index (χ2v) is 6.67. The summed E-state index contributed by atoms with van der Waals surface area (Å²) in [5, 5.41) is 5.72. The zero-order valence-corrected chi connectivity index (χ0v) is 15.0. The average molecular weight is 377 g/mol. The molecule has 0 aromatic heterocycles. The van der Waals surface area contributed by atoms with Gasteiger partial charge in [0.2, 0.25) is 5.91 Å². The Morgan fingerprint density at radius 1 is 0.963 bits per heavy atom. The quantitative estimate of drug-likeness (QED) is 0.791. The fourth-order valence-corrected chi connectivity index (χ4v) is 3.05. The molecule has 7 heteroatoms. The van der Waals surface area contributed by atoms with Crippen molar-refractivity contribution in [2.75, 3.05) is 28.6 Å². The van der Waals surface area contributed by atoms with E-state index in [1.165, 1.54) is 30.7 Å². The molecule has 0 unspecified atom stereocenters. The minimum absolute atomic E-state index is 0.321. The van der Waals surface area contributed by atoms with Crippen LogP contribution in [0.1, 0.15) is 25.3 Å². The van der Waals surface area contributed by atoms with Crippen molar-refractivity contribution in [3.8, 4) is 0 Å². The maximum atomic E-state index is 12.6. The molecule has 1 amide bonds. The van der Waals surface area contributed by atoms with Gasteiger partial charge in [0.1, 0.15) is 6.04 Å². The molecular weight excluding hydrogens is 355 g/mol. The summed E-state index contributed by atoms with van der Waals surface area (Å²) >= 11 is 0. The molecule has 3 rings (SSSR count). The van der Waals surface area contributed by atoms with Crippen LogP contribution in [0, 0.1) is 0 Å². The van der Waals surface area contributed by atoms with Gasteiger partial charge < -0.3 is 15.5 Å². The van der Waals surface area contributed by atoms with E-state index < -0.39 is 17.8 Å². The first kappa shape index (κ1) is 19.1. The van der Waals surface area contributed by atoms with Crippen molar-refractivity contribution in [3.05, 3.63) is 54.1 Å². The fourth-order valence-electron chi connectivity index (χ4n) is 3.05. The molecule has 0 aliphatic carbocycles. The van der Waals surface area contributed by atoms with Gasteiger partial charge >= 0.3 is 6.18 Å². The molecule has 2 N–H and O–H groups in total. The van der Waals surface area contributed by atoms with E-state index in [4.69, 9.17) is 0 Å². The molecule has 2 aromatic rings. The summed E-state index contributed by atoms with van der Waals surface area (Å²) in [7, 11) is 0. The third-order valence-electron chi connectivity index (χ3n) is 4.59. The van der Waals surface area contributed by atoms with E-state index in [0.29, 0.717) is 5.69 Å². The number of carbonyl (C=O) groups excluding carboxylic acids is 1. The Kier molecular flexibility index (Phi) is 5.58. The lowest BCUT2D eigenvalue weighted by molar-refractivity contribution is -0.137. The number of hydrogen-bond acceptors (Lipinski definition) is 3. The van der Waals surface area contributed by atoms with Crippen LogP contribution in [0.4, 0.5) is 30.2 Å². The van der Waals surface area contributed by atoms with Gasteiger partial charge in [0.25, 0.3) is 0 Å². The minimum Gasteiger partial charge on any atom is -0.374 e. The van der Waals surface area contributed by atoms with Gasteiger partial charge in [-0.2, -0.15) is 13.2 Å². The third kappa shape index (κ3) is 4.93. The normalized spacial score (nSPS) is 15.5. The van der Waals surface area contributed by atoms with Gasteiger partial charge in [-0.15, -0.1) is 0 Å². The van der Waals surface area contributed by atoms with Gasteiger partial charge in [0, 0.05) is 30.2 Å². The highest BCUT2D eigenvalue weighted by molar-refractivity contribution is 5.96. The molecule has 0 spiro atoms. The van der Waals surface area contributed by atoms with Crippen molar-refractivity contribution in [1.82, 2.24) is 0 Å². The molecule has 27 heavy (non-hydrogen) atoms. The smallest absolute Gasteiger partial charge is 0.374 e. The first-order valence-corrected chi connectivity index (χ1v) is 8.92. The Hall–Kier alpha value is -2.70. The van der Waals surface area contributed by atoms with Crippen LogP contribution in [-0.4, -0.2) is 25.0 Å². The number of anilines is 3. The fraction of sp³-hybridized carbons (Fsp3) is 0.350. The molecule has 1 aliphatic rings. The first-order chi connectivity index (χ1) is 12.8. The molecule has 2 aromatic carbocycles. The van der Waals surface area contributed by atoms with E-state index in [-0.39, 0.29) is 5.91 Å². The molecule has 1 heterocycles. The van der Waals surface area contributed by atoms with E-state index >= 15 is 0 Å². The van der Waals surface area contributed by atoms with Crippen molar-refractivity contribution in [2.45, 2.75) is 32.0 Å². The molecule has 144 valence electrons. The lowest BCUT2D eigenvalue weighted by Crippen LogP contribution is -2.31. The standard InChI is InChI=1S/C20H22F3N3O/c1-14(19(27)25-17-6-4-15(5-7-17)20(21,22)23)24-16-8-10-18(11-9-16)26-12-2-3-13-26/h4-11,14,24H,2-3,12-13H2,1H3,(H,25,27)/t14-/m0/s1. The Morgan fingerprint density at radius 3 is 2.07 bits per heavy atom. The Labute approximate surface area is 156 Å². The largest absolute Gasteiger partial charge is 0.416 e. The number of amides is 1. The predicted octanol–water partition coefficient (Wildman–Crippen LogP) is 4.74. The summed E-state index contributed by atoms with van der Waals surface area (Å²) in [6, 6.07) is 11.8. The molecular formula is C20H22F3N3O. The molecule has 1 atom stereocenters. The molecule has 0 saturated carbocycles. The van der Waals surface area contributed by atoms with Crippen LogP contribution in [0.15, 0.2) is 48.5 Å². The summed E-state index contributed by atoms with van der Waals surface area (Å²) in [4.78, 5) is 14.6. The van der Waals surface area contributed by atoms with Gasteiger partial charge in [-0.25, -0.2) is 0 Å². The highest BCUT2D eigenvalue weighted by Gasteiger charge is 2.30. The van der Waals surface area contributed by atoms with Crippen LogP contribution >= 0.6 is 0 Å². The lowest BCUT2D eigenvalue weighted by atomic mass is 10.2. The van der Waals surface area contributed by atoms with Crippen molar-refractivity contribution >= 4 is 23.0 Å². The van der Waals surface area contributed by atoms with Gasteiger partial charge in [0.05, 0.1) is 5.56 Å². The summed E-state index contributed by atoms with van der Waals surface area (Å²) in [6.07, 6.45) is -1.97. The van der Waals surface area contributed by atoms with Gasteiger partial charge in [0.15, 0.2) is 0 Å². The maximum absolute atomic E-state index is 12.6. The number of alkyl halides is 3. The molecule has 4 nitrogen and oxygen atoms in total. The lowest BCUT2D eigenvalue weighted by Gasteiger charge is -2.19. The molecule has 0 bridgehead atoms. The number of hydrogen-bond donors (Lipinski definition) is 2. The van der Waals surface area contributed by atoms with Crippen LogP contribution in [0.5, 0.6) is 0 Å². The van der Waals surface area contributed by atoms with Crippen molar-refractivity contribution in [3.63, 3.8) is 0 Å². The predicted molar refractivity (Wildman–Crippen MR) is 101 cm³/mol.